The van der Waals surface area contributed by atoms with Crippen molar-refractivity contribution >= 4 is 11.9 Å². The van der Waals surface area contributed by atoms with E-state index >= 15 is 0 Å². The number of ether oxygens (including phenoxy) is 1. The van der Waals surface area contributed by atoms with Crippen LogP contribution in [0.2, 0.25) is 0 Å². The van der Waals surface area contributed by atoms with Crippen LogP contribution in [-0.2, 0) is 11.3 Å². The summed E-state index contributed by atoms with van der Waals surface area (Å²) < 4.78 is 6.02. The maximum atomic E-state index is 11.5. The predicted octanol–water partition coefficient (Wildman–Crippen LogP) is 2.28. The minimum absolute atomic E-state index is 0.130. The second kappa shape index (κ2) is 9.20. The molecule has 2 aromatic heterocycles. The Morgan fingerprint density at radius 1 is 1.19 bits per heavy atom. The van der Waals surface area contributed by atoms with Crippen molar-refractivity contribution in [2.75, 3.05) is 38.7 Å². The summed E-state index contributed by atoms with van der Waals surface area (Å²) in [6.07, 6.45) is 3.62. The monoisotopic (exact) mass is 418 g/mol. The molecule has 8 heteroatoms. The summed E-state index contributed by atoms with van der Waals surface area (Å²) in [7, 11) is 3.85. The van der Waals surface area contributed by atoms with E-state index in [1.807, 2.05) is 61.7 Å². The van der Waals surface area contributed by atoms with Crippen molar-refractivity contribution in [2.24, 2.45) is 5.73 Å². The number of nitrogens with two attached hydrogens (primary N) is 1. The molecule has 1 aliphatic rings. The van der Waals surface area contributed by atoms with E-state index in [1.165, 1.54) is 0 Å². The van der Waals surface area contributed by atoms with Gasteiger partial charge in [-0.3, -0.25) is 14.7 Å². The van der Waals surface area contributed by atoms with Gasteiger partial charge in [-0.2, -0.15) is 0 Å². The minimum Gasteiger partial charge on any atom is -0.369 e. The number of benzene rings is 1. The fraction of sp³-hybridized carbons (Fsp3) is 0.304. The van der Waals surface area contributed by atoms with E-state index in [0.29, 0.717) is 18.1 Å². The number of pyridine rings is 1. The SMILES string of the molecule is CN(C)c1ncc(CN2CCO[C@H](c3cccc(-c4cccc(C(N)=O)c4)n3)C2)cn1. The van der Waals surface area contributed by atoms with Crippen molar-refractivity contribution in [2.45, 2.75) is 12.6 Å². The van der Waals surface area contributed by atoms with Crippen molar-refractivity contribution in [3.8, 4) is 11.3 Å². The zero-order valence-corrected chi connectivity index (χ0v) is 17.7. The molecule has 0 unspecified atom stereocenters. The van der Waals surface area contributed by atoms with E-state index in [4.69, 9.17) is 15.5 Å². The number of hydrogen-bond acceptors (Lipinski definition) is 7. The number of rotatable bonds is 6. The highest BCUT2D eigenvalue weighted by molar-refractivity contribution is 5.93. The van der Waals surface area contributed by atoms with Crippen molar-refractivity contribution < 1.29 is 9.53 Å². The zero-order chi connectivity index (χ0) is 21.8. The molecule has 1 amide bonds. The average Bonchev–Trinajstić information content (AvgIpc) is 2.80. The summed E-state index contributed by atoms with van der Waals surface area (Å²) in [6, 6.07) is 13.1. The Bertz CT molecular complexity index is 1050. The molecule has 3 heterocycles. The van der Waals surface area contributed by atoms with Gasteiger partial charge in [0.1, 0.15) is 6.10 Å². The van der Waals surface area contributed by atoms with Gasteiger partial charge in [0.05, 0.1) is 18.0 Å². The Labute approximate surface area is 181 Å². The summed E-state index contributed by atoms with van der Waals surface area (Å²) in [4.78, 5) is 29.3. The van der Waals surface area contributed by atoms with Gasteiger partial charge in [-0.15, -0.1) is 0 Å². The first-order valence-electron chi connectivity index (χ1n) is 10.2. The maximum absolute atomic E-state index is 11.5. The molecule has 0 aliphatic carbocycles. The van der Waals surface area contributed by atoms with Gasteiger partial charge >= 0.3 is 0 Å². The van der Waals surface area contributed by atoms with E-state index < -0.39 is 5.91 Å². The van der Waals surface area contributed by atoms with E-state index in [1.54, 1.807) is 12.1 Å². The first kappa shape index (κ1) is 20.9. The molecule has 1 aliphatic heterocycles. The van der Waals surface area contributed by atoms with Crippen LogP contribution in [0, 0.1) is 0 Å². The number of hydrogen-bond donors (Lipinski definition) is 1. The second-order valence-electron chi connectivity index (χ2n) is 7.77. The van der Waals surface area contributed by atoms with Gasteiger partial charge in [-0.05, 0) is 24.3 Å². The molecule has 0 radical (unpaired) electrons. The molecule has 0 saturated carbocycles. The molecular formula is C23H26N6O2. The Morgan fingerprint density at radius 3 is 2.71 bits per heavy atom. The third-order valence-corrected chi connectivity index (χ3v) is 5.19. The van der Waals surface area contributed by atoms with Crippen LogP contribution in [0.1, 0.15) is 27.7 Å². The van der Waals surface area contributed by atoms with Crippen LogP contribution >= 0.6 is 0 Å². The number of anilines is 1. The molecule has 1 saturated heterocycles. The number of aromatic nitrogens is 3. The number of nitrogens with zero attached hydrogens (tertiary/aromatic N) is 5. The van der Waals surface area contributed by atoms with Crippen LogP contribution < -0.4 is 10.6 Å². The lowest BCUT2D eigenvalue weighted by Crippen LogP contribution is -2.38. The van der Waals surface area contributed by atoms with E-state index in [2.05, 4.69) is 14.9 Å². The molecule has 1 atom stereocenters. The number of carbonyl (C=O) groups excluding carboxylic acids is 1. The summed E-state index contributed by atoms with van der Waals surface area (Å²) in [5.74, 6) is 0.247. The van der Waals surface area contributed by atoms with Crippen LogP contribution in [0.3, 0.4) is 0 Å². The Morgan fingerprint density at radius 2 is 1.97 bits per heavy atom. The van der Waals surface area contributed by atoms with Gasteiger partial charge in [0.25, 0.3) is 0 Å². The lowest BCUT2D eigenvalue weighted by atomic mass is 10.1. The standard InChI is InChI=1S/C23H26N6O2/c1-28(2)23-25-12-16(13-26-23)14-29-9-10-31-21(15-29)20-8-4-7-19(27-20)17-5-3-6-18(11-17)22(24)30/h3-8,11-13,21H,9-10,14-15H2,1-2H3,(H2,24,30)/t21-/m0/s1. The van der Waals surface area contributed by atoms with Crippen molar-refractivity contribution in [1.82, 2.24) is 19.9 Å². The smallest absolute Gasteiger partial charge is 0.248 e. The third kappa shape index (κ3) is 5.04. The molecule has 31 heavy (non-hydrogen) atoms. The summed E-state index contributed by atoms with van der Waals surface area (Å²) in [5.41, 5.74) is 9.45. The maximum Gasteiger partial charge on any atom is 0.248 e. The predicted molar refractivity (Wildman–Crippen MR) is 119 cm³/mol. The molecule has 0 bridgehead atoms. The first-order chi connectivity index (χ1) is 15.0. The highest BCUT2D eigenvalue weighted by Gasteiger charge is 2.23. The highest BCUT2D eigenvalue weighted by Crippen LogP contribution is 2.25. The van der Waals surface area contributed by atoms with Gasteiger partial charge in [-0.25, -0.2) is 9.97 Å². The van der Waals surface area contributed by atoms with Crippen molar-refractivity contribution in [1.29, 1.82) is 0 Å². The van der Waals surface area contributed by atoms with Crippen LogP contribution in [-0.4, -0.2) is 59.6 Å². The molecule has 8 nitrogen and oxygen atoms in total. The number of carbonyl (C=O) groups is 1. The second-order valence-corrected chi connectivity index (χ2v) is 7.77. The van der Waals surface area contributed by atoms with E-state index in [9.17, 15) is 4.79 Å². The topological polar surface area (TPSA) is 97.5 Å². The fourth-order valence-electron chi connectivity index (χ4n) is 3.57. The van der Waals surface area contributed by atoms with E-state index in [-0.39, 0.29) is 6.10 Å². The Balaban J connectivity index is 1.48. The van der Waals surface area contributed by atoms with E-state index in [0.717, 1.165) is 42.1 Å². The lowest BCUT2D eigenvalue weighted by Gasteiger charge is -2.32. The fourth-order valence-corrected chi connectivity index (χ4v) is 3.57. The molecule has 0 spiro atoms. The lowest BCUT2D eigenvalue weighted by molar-refractivity contribution is -0.0349. The van der Waals surface area contributed by atoms with Gasteiger partial charge in [0.2, 0.25) is 11.9 Å². The van der Waals surface area contributed by atoms with Crippen LogP contribution in [0.5, 0.6) is 0 Å². The third-order valence-electron chi connectivity index (χ3n) is 5.19. The van der Waals surface area contributed by atoms with Crippen LogP contribution in [0.25, 0.3) is 11.3 Å². The number of amides is 1. The quantitative estimate of drug-likeness (QED) is 0.656. The zero-order valence-electron chi connectivity index (χ0n) is 17.7. The molecule has 160 valence electrons. The molecule has 4 rings (SSSR count). The van der Waals surface area contributed by atoms with Crippen molar-refractivity contribution in [3.05, 3.63) is 71.7 Å². The van der Waals surface area contributed by atoms with Crippen LogP contribution in [0.15, 0.2) is 54.9 Å². The normalized spacial score (nSPS) is 16.8. The van der Waals surface area contributed by atoms with Gasteiger partial charge in [0.15, 0.2) is 0 Å². The van der Waals surface area contributed by atoms with Gasteiger partial charge in [0, 0.05) is 62.8 Å². The van der Waals surface area contributed by atoms with Gasteiger partial charge < -0.3 is 15.4 Å². The highest BCUT2D eigenvalue weighted by atomic mass is 16.5. The molecule has 1 fully saturated rings. The molecular weight excluding hydrogens is 392 g/mol. The summed E-state index contributed by atoms with van der Waals surface area (Å²) >= 11 is 0. The molecule has 1 aromatic carbocycles. The van der Waals surface area contributed by atoms with Gasteiger partial charge in [-0.1, -0.05) is 18.2 Å². The average molecular weight is 419 g/mol. The Kier molecular flexibility index (Phi) is 6.20. The molecule has 3 aromatic rings. The number of morpholine rings is 1. The Hall–Kier alpha value is -3.36. The largest absolute Gasteiger partial charge is 0.369 e. The van der Waals surface area contributed by atoms with Crippen LogP contribution in [0.4, 0.5) is 5.95 Å². The summed E-state index contributed by atoms with van der Waals surface area (Å²) in [6.45, 7) is 2.96. The minimum atomic E-state index is -0.452. The first-order valence-corrected chi connectivity index (χ1v) is 10.2. The number of primary amides is 1. The summed E-state index contributed by atoms with van der Waals surface area (Å²) in [5, 5.41) is 0. The molecule has 2 N–H and O–H groups in total. The van der Waals surface area contributed by atoms with Crippen molar-refractivity contribution in [3.63, 3.8) is 0 Å².